The molecule has 0 aromatic heterocycles. The highest BCUT2D eigenvalue weighted by Gasteiger charge is 2.32. The molecule has 1 atom stereocenters. The van der Waals surface area contributed by atoms with Crippen molar-refractivity contribution >= 4 is 5.91 Å². The van der Waals surface area contributed by atoms with E-state index in [2.05, 4.69) is 11.4 Å². The molecule has 0 aliphatic heterocycles. The molecule has 1 aliphatic rings. The van der Waals surface area contributed by atoms with Crippen LogP contribution in [0.3, 0.4) is 0 Å². The van der Waals surface area contributed by atoms with Crippen molar-refractivity contribution in [2.75, 3.05) is 0 Å². The summed E-state index contributed by atoms with van der Waals surface area (Å²) in [5, 5.41) is 11.6. The van der Waals surface area contributed by atoms with E-state index in [-0.39, 0.29) is 11.9 Å². The van der Waals surface area contributed by atoms with Crippen molar-refractivity contribution in [1.29, 1.82) is 5.26 Å². The van der Waals surface area contributed by atoms with Crippen LogP contribution in [0.2, 0.25) is 0 Å². The molecule has 1 aromatic carbocycles. The van der Waals surface area contributed by atoms with E-state index in [1.165, 1.54) is 0 Å². The van der Waals surface area contributed by atoms with Crippen LogP contribution >= 0.6 is 0 Å². The molecule has 0 unspecified atom stereocenters. The quantitative estimate of drug-likeness (QED) is 0.807. The second kappa shape index (κ2) is 4.14. The minimum absolute atomic E-state index is 0.158. The summed E-state index contributed by atoms with van der Waals surface area (Å²) in [6, 6.07) is 10.8. The number of carbonyl (C=O) groups excluding carboxylic acids is 1. The van der Waals surface area contributed by atoms with Crippen LogP contribution in [-0.2, 0) is 0 Å². The van der Waals surface area contributed by atoms with Crippen molar-refractivity contribution in [3.8, 4) is 6.07 Å². The third-order valence-corrected chi connectivity index (χ3v) is 2.56. The van der Waals surface area contributed by atoms with Gasteiger partial charge in [-0.2, -0.15) is 5.26 Å². The van der Waals surface area contributed by atoms with Crippen LogP contribution in [0.5, 0.6) is 0 Å². The van der Waals surface area contributed by atoms with Gasteiger partial charge in [0, 0.05) is 5.56 Å². The molecule has 0 saturated heterocycles. The zero-order chi connectivity index (χ0) is 10.7. The summed E-state index contributed by atoms with van der Waals surface area (Å²) in [5.74, 6) is 0.205. The molecule has 1 amide bonds. The number of nitrogens with one attached hydrogen (secondary N) is 1. The van der Waals surface area contributed by atoms with Crippen molar-refractivity contribution in [2.24, 2.45) is 5.92 Å². The Hall–Kier alpha value is -1.82. The van der Waals surface area contributed by atoms with Gasteiger partial charge in [-0.05, 0) is 30.9 Å². The van der Waals surface area contributed by atoms with Crippen LogP contribution < -0.4 is 5.32 Å². The van der Waals surface area contributed by atoms with E-state index in [1.54, 1.807) is 12.1 Å². The molecule has 0 spiro atoms. The minimum atomic E-state index is -0.322. The molecule has 0 radical (unpaired) electrons. The Morgan fingerprint density at radius 3 is 2.60 bits per heavy atom. The molecular formula is C12H12N2O. The molecule has 1 saturated carbocycles. The van der Waals surface area contributed by atoms with Crippen LogP contribution in [0.25, 0.3) is 0 Å². The maximum atomic E-state index is 11.7. The van der Waals surface area contributed by atoms with E-state index in [0.29, 0.717) is 11.5 Å². The number of nitrogens with zero attached hydrogens (tertiary/aromatic N) is 1. The van der Waals surface area contributed by atoms with Crippen molar-refractivity contribution in [1.82, 2.24) is 5.32 Å². The van der Waals surface area contributed by atoms with E-state index in [1.807, 2.05) is 18.2 Å². The van der Waals surface area contributed by atoms with Crippen LogP contribution in [0.15, 0.2) is 30.3 Å². The van der Waals surface area contributed by atoms with Crippen LogP contribution in [0.1, 0.15) is 23.2 Å². The first kappa shape index (κ1) is 9.72. The summed E-state index contributed by atoms with van der Waals surface area (Å²) < 4.78 is 0. The molecule has 2 rings (SSSR count). The van der Waals surface area contributed by atoms with E-state index in [0.717, 1.165) is 12.8 Å². The largest absolute Gasteiger partial charge is 0.336 e. The van der Waals surface area contributed by atoms with E-state index < -0.39 is 0 Å². The van der Waals surface area contributed by atoms with Crippen molar-refractivity contribution in [3.63, 3.8) is 0 Å². The summed E-state index contributed by atoms with van der Waals surface area (Å²) >= 11 is 0. The fourth-order valence-electron chi connectivity index (χ4n) is 1.50. The lowest BCUT2D eigenvalue weighted by molar-refractivity contribution is 0.0942. The summed E-state index contributed by atoms with van der Waals surface area (Å²) in [6.45, 7) is 0. The van der Waals surface area contributed by atoms with Gasteiger partial charge in [-0.25, -0.2) is 0 Å². The SMILES string of the molecule is N#C[C@H](NC(=O)c1ccccc1)C1CC1. The van der Waals surface area contributed by atoms with Crippen molar-refractivity contribution in [2.45, 2.75) is 18.9 Å². The molecule has 1 aromatic rings. The Morgan fingerprint density at radius 2 is 2.07 bits per heavy atom. The molecule has 0 bridgehead atoms. The van der Waals surface area contributed by atoms with E-state index in [9.17, 15) is 4.79 Å². The molecule has 3 nitrogen and oxygen atoms in total. The van der Waals surface area contributed by atoms with E-state index >= 15 is 0 Å². The molecule has 3 heteroatoms. The van der Waals surface area contributed by atoms with Gasteiger partial charge < -0.3 is 5.32 Å². The zero-order valence-corrected chi connectivity index (χ0v) is 8.31. The predicted octanol–water partition coefficient (Wildman–Crippen LogP) is 1.72. The number of hydrogen-bond acceptors (Lipinski definition) is 2. The Kier molecular flexibility index (Phi) is 2.68. The van der Waals surface area contributed by atoms with Gasteiger partial charge in [-0.3, -0.25) is 4.79 Å². The second-order valence-electron chi connectivity index (χ2n) is 3.78. The lowest BCUT2D eigenvalue weighted by atomic mass is 10.1. The van der Waals surface area contributed by atoms with Gasteiger partial charge in [0.15, 0.2) is 0 Å². The number of rotatable bonds is 3. The van der Waals surface area contributed by atoms with Crippen LogP contribution in [-0.4, -0.2) is 11.9 Å². The molecular weight excluding hydrogens is 188 g/mol. The third kappa shape index (κ3) is 2.35. The predicted molar refractivity (Wildman–Crippen MR) is 56.0 cm³/mol. The van der Waals surface area contributed by atoms with Gasteiger partial charge in [-0.1, -0.05) is 18.2 Å². The van der Waals surface area contributed by atoms with Crippen LogP contribution in [0, 0.1) is 17.2 Å². The topological polar surface area (TPSA) is 52.9 Å². The number of nitriles is 1. The maximum Gasteiger partial charge on any atom is 0.252 e. The summed E-state index contributed by atoms with van der Waals surface area (Å²) in [4.78, 5) is 11.7. The summed E-state index contributed by atoms with van der Waals surface area (Å²) in [5.41, 5.74) is 0.610. The molecule has 1 N–H and O–H groups in total. The normalized spacial score (nSPS) is 16.5. The lowest BCUT2D eigenvalue weighted by Gasteiger charge is -2.09. The highest BCUT2D eigenvalue weighted by molar-refractivity contribution is 5.94. The van der Waals surface area contributed by atoms with Crippen LogP contribution in [0.4, 0.5) is 0 Å². The van der Waals surface area contributed by atoms with Gasteiger partial charge in [0.2, 0.25) is 0 Å². The lowest BCUT2D eigenvalue weighted by Crippen LogP contribution is -2.35. The summed E-state index contributed by atoms with van der Waals surface area (Å²) in [6.07, 6.45) is 2.10. The molecule has 0 heterocycles. The first-order chi connectivity index (χ1) is 7.31. The fourth-order valence-corrected chi connectivity index (χ4v) is 1.50. The molecule has 76 valence electrons. The van der Waals surface area contributed by atoms with Crippen molar-refractivity contribution < 1.29 is 4.79 Å². The number of amides is 1. The second-order valence-corrected chi connectivity index (χ2v) is 3.78. The third-order valence-electron chi connectivity index (χ3n) is 2.56. The van der Waals surface area contributed by atoms with Gasteiger partial charge in [0.05, 0.1) is 6.07 Å². The number of carbonyl (C=O) groups is 1. The summed E-state index contributed by atoms with van der Waals surface area (Å²) in [7, 11) is 0. The zero-order valence-electron chi connectivity index (χ0n) is 8.31. The van der Waals surface area contributed by atoms with Gasteiger partial charge in [0.1, 0.15) is 6.04 Å². The number of hydrogen-bond donors (Lipinski definition) is 1. The van der Waals surface area contributed by atoms with Crippen molar-refractivity contribution in [3.05, 3.63) is 35.9 Å². The highest BCUT2D eigenvalue weighted by Crippen LogP contribution is 2.32. The smallest absolute Gasteiger partial charge is 0.252 e. The average molecular weight is 200 g/mol. The minimum Gasteiger partial charge on any atom is -0.336 e. The monoisotopic (exact) mass is 200 g/mol. The Bertz CT molecular complexity index is 390. The van der Waals surface area contributed by atoms with E-state index in [4.69, 9.17) is 5.26 Å². The Morgan fingerprint density at radius 1 is 1.40 bits per heavy atom. The maximum absolute atomic E-state index is 11.7. The molecule has 1 fully saturated rings. The first-order valence-corrected chi connectivity index (χ1v) is 5.07. The fraction of sp³-hybridized carbons (Fsp3) is 0.333. The Balaban J connectivity index is 2.00. The van der Waals surface area contributed by atoms with Gasteiger partial charge >= 0.3 is 0 Å². The van der Waals surface area contributed by atoms with Gasteiger partial charge in [-0.15, -0.1) is 0 Å². The highest BCUT2D eigenvalue weighted by atomic mass is 16.1. The first-order valence-electron chi connectivity index (χ1n) is 5.07. The average Bonchev–Trinajstić information content (AvgIpc) is 3.10. The molecule has 1 aliphatic carbocycles. The standard InChI is InChI=1S/C12H12N2O/c13-8-11(9-6-7-9)14-12(15)10-4-2-1-3-5-10/h1-5,9,11H,6-7H2,(H,14,15)/t11-/m0/s1. The van der Waals surface area contributed by atoms with Gasteiger partial charge in [0.25, 0.3) is 5.91 Å². The number of benzene rings is 1. The molecule has 15 heavy (non-hydrogen) atoms. The Labute approximate surface area is 88.7 Å².